The van der Waals surface area contributed by atoms with E-state index in [0.717, 1.165) is 10.8 Å². The highest BCUT2D eigenvalue weighted by atomic mass is 16.5. The van der Waals surface area contributed by atoms with Crippen LogP contribution in [-0.2, 0) is 9.53 Å². The maximum Gasteiger partial charge on any atom is 0.314 e. The fraction of sp³-hybridized carbons (Fsp3) is 0.286. The molecule has 176 valence electrons. The Hall–Kier alpha value is -3.80. The Labute approximate surface area is 199 Å². The molecule has 34 heavy (non-hydrogen) atoms. The van der Waals surface area contributed by atoms with Crippen LogP contribution in [-0.4, -0.2) is 38.7 Å². The van der Waals surface area contributed by atoms with E-state index in [4.69, 9.17) is 14.2 Å². The number of carbonyl (C=O) groups is 2. The number of benzene rings is 3. The van der Waals surface area contributed by atoms with E-state index in [2.05, 4.69) is 5.32 Å². The van der Waals surface area contributed by atoms with E-state index >= 15 is 0 Å². The largest absolute Gasteiger partial charge is 0.497 e. The molecule has 1 amide bonds. The minimum absolute atomic E-state index is 0.146. The van der Waals surface area contributed by atoms with E-state index in [1.807, 2.05) is 60.7 Å². The highest BCUT2D eigenvalue weighted by Gasteiger charge is 2.36. The lowest BCUT2D eigenvalue weighted by atomic mass is 9.84. The lowest BCUT2D eigenvalue weighted by molar-refractivity contribution is -0.146. The third-order valence-electron chi connectivity index (χ3n) is 6.19. The molecule has 4 rings (SSSR count). The Bertz CT molecular complexity index is 1220. The van der Waals surface area contributed by atoms with Crippen molar-refractivity contribution in [2.45, 2.75) is 25.3 Å². The topological polar surface area (TPSA) is 73.9 Å². The fourth-order valence-corrected chi connectivity index (χ4v) is 4.51. The van der Waals surface area contributed by atoms with E-state index in [0.29, 0.717) is 29.0 Å². The van der Waals surface area contributed by atoms with E-state index in [1.54, 1.807) is 33.3 Å². The van der Waals surface area contributed by atoms with Crippen LogP contribution in [0, 0.1) is 5.92 Å². The van der Waals surface area contributed by atoms with Crippen LogP contribution >= 0.6 is 0 Å². The number of fused-ring (bicyclic) bond motifs is 1. The predicted octanol–water partition coefficient (Wildman–Crippen LogP) is 4.88. The van der Waals surface area contributed by atoms with Crippen LogP contribution in [0.25, 0.3) is 10.8 Å². The molecule has 3 aromatic rings. The monoisotopic (exact) mass is 459 g/mol. The van der Waals surface area contributed by atoms with Crippen molar-refractivity contribution >= 4 is 22.6 Å². The molecule has 6 heteroatoms. The summed E-state index contributed by atoms with van der Waals surface area (Å²) in [5.74, 6) is 0.00724. The van der Waals surface area contributed by atoms with E-state index in [1.165, 1.54) is 0 Å². The van der Waals surface area contributed by atoms with Crippen LogP contribution in [0.4, 0.5) is 0 Å². The van der Waals surface area contributed by atoms with Crippen molar-refractivity contribution in [1.82, 2.24) is 5.32 Å². The molecule has 0 saturated carbocycles. The molecule has 0 heterocycles. The molecular formula is C28H29NO5. The summed E-state index contributed by atoms with van der Waals surface area (Å²) in [6, 6.07) is 18.8. The number of carbonyl (C=O) groups excluding carboxylic acids is 2. The second-order valence-electron chi connectivity index (χ2n) is 8.26. The van der Waals surface area contributed by atoms with Crippen molar-refractivity contribution < 1.29 is 23.8 Å². The number of rotatable bonds is 8. The first-order chi connectivity index (χ1) is 16.5. The molecule has 3 aromatic carbocycles. The summed E-state index contributed by atoms with van der Waals surface area (Å²) in [7, 11) is 3.16. The maximum atomic E-state index is 13.0. The van der Waals surface area contributed by atoms with Crippen LogP contribution < -0.4 is 14.8 Å². The number of hydrogen-bond donors (Lipinski definition) is 1. The molecule has 3 atom stereocenters. The summed E-state index contributed by atoms with van der Waals surface area (Å²) in [5, 5.41) is 5.19. The molecule has 0 fully saturated rings. The molecule has 0 unspecified atom stereocenters. The average molecular weight is 460 g/mol. The number of ether oxygens (including phenoxy) is 3. The fourth-order valence-electron chi connectivity index (χ4n) is 4.51. The number of amides is 1. The lowest BCUT2D eigenvalue weighted by Crippen LogP contribution is -2.34. The second kappa shape index (κ2) is 10.4. The second-order valence-corrected chi connectivity index (χ2v) is 8.26. The van der Waals surface area contributed by atoms with Gasteiger partial charge in [0.2, 0.25) is 0 Å². The normalized spacial score (nSPS) is 17.9. The Morgan fingerprint density at radius 1 is 0.971 bits per heavy atom. The van der Waals surface area contributed by atoms with E-state index < -0.39 is 5.92 Å². The van der Waals surface area contributed by atoms with Gasteiger partial charge in [-0.2, -0.15) is 0 Å². The summed E-state index contributed by atoms with van der Waals surface area (Å²) >= 11 is 0. The van der Waals surface area contributed by atoms with Gasteiger partial charge in [0, 0.05) is 17.2 Å². The number of esters is 1. The van der Waals surface area contributed by atoms with Crippen molar-refractivity contribution in [2.24, 2.45) is 5.92 Å². The van der Waals surface area contributed by atoms with Crippen LogP contribution in [0.5, 0.6) is 11.5 Å². The summed E-state index contributed by atoms with van der Waals surface area (Å²) in [4.78, 5) is 26.0. The van der Waals surface area contributed by atoms with E-state index in [9.17, 15) is 9.59 Å². The number of nitrogens with one attached hydrogen (secondary N) is 1. The van der Waals surface area contributed by atoms with Gasteiger partial charge in [-0.15, -0.1) is 0 Å². The quantitative estimate of drug-likeness (QED) is 0.384. The van der Waals surface area contributed by atoms with Gasteiger partial charge in [-0.3, -0.25) is 9.59 Å². The maximum absolute atomic E-state index is 13.0. The third-order valence-corrected chi connectivity index (χ3v) is 6.19. The molecule has 0 aromatic heterocycles. The Kier molecular flexibility index (Phi) is 7.16. The molecule has 0 radical (unpaired) electrons. The highest BCUT2D eigenvalue weighted by Crippen LogP contribution is 2.40. The van der Waals surface area contributed by atoms with Crippen LogP contribution in [0.2, 0.25) is 0 Å². The van der Waals surface area contributed by atoms with Crippen molar-refractivity contribution in [3.8, 4) is 11.5 Å². The van der Waals surface area contributed by atoms with Gasteiger partial charge in [-0.25, -0.2) is 0 Å². The van der Waals surface area contributed by atoms with Crippen molar-refractivity contribution in [3.05, 3.63) is 83.9 Å². The summed E-state index contributed by atoms with van der Waals surface area (Å²) in [6.45, 7) is 2.06. The molecule has 0 spiro atoms. The standard InChI is InChI=1S/C28H29NO5/c1-4-34-28(31)26(24-17-23(32-2)13-14-25(24)33-3)20-11-12-22(16-20)29-27(30)21-10-9-18-7-5-6-8-19(18)15-21/h5-15,17,20,22,26H,4,16H2,1-3H3,(H,29,30)/t20-,22-,26-/m0/s1. The van der Waals surface area contributed by atoms with Gasteiger partial charge in [-0.05, 0) is 60.4 Å². The zero-order chi connectivity index (χ0) is 24.1. The van der Waals surface area contributed by atoms with Gasteiger partial charge in [-0.1, -0.05) is 42.5 Å². The third kappa shape index (κ3) is 4.91. The average Bonchev–Trinajstić information content (AvgIpc) is 3.31. The molecule has 0 saturated heterocycles. The Morgan fingerprint density at radius 2 is 1.76 bits per heavy atom. The van der Waals surface area contributed by atoms with Gasteiger partial charge in [0.05, 0.1) is 26.7 Å². The van der Waals surface area contributed by atoms with Crippen molar-refractivity contribution in [3.63, 3.8) is 0 Å². The first kappa shape index (κ1) is 23.4. The molecule has 1 N–H and O–H groups in total. The minimum Gasteiger partial charge on any atom is -0.497 e. The molecule has 6 nitrogen and oxygen atoms in total. The van der Waals surface area contributed by atoms with E-state index in [-0.39, 0.29) is 30.4 Å². The van der Waals surface area contributed by atoms with Gasteiger partial charge < -0.3 is 19.5 Å². The highest BCUT2D eigenvalue weighted by molar-refractivity contribution is 5.98. The SMILES string of the molecule is CCOC(=O)[C@H](c1cc(OC)ccc1OC)[C@H]1C=C[C@H](NC(=O)c2ccc3ccccc3c2)C1. The first-order valence-corrected chi connectivity index (χ1v) is 11.4. The van der Waals surface area contributed by atoms with Crippen LogP contribution in [0.3, 0.4) is 0 Å². The minimum atomic E-state index is -0.580. The zero-order valence-electron chi connectivity index (χ0n) is 19.6. The van der Waals surface area contributed by atoms with Gasteiger partial charge >= 0.3 is 5.97 Å². The summed E-state index contributed by atoms with van der Waals surface area (Å²) in [6.07, 6.45) is 4.50. The van der Waals surface area contributed by atoms with Crippen LogP contribution in [0.1, 0.15) is 35.2 Å². The molecule has 1 aliphatic rings. The van der Waals surface area contributed by atoms with Crippen molar-refractivity contribution in [1.29, 1.82) is 0 Å². The summed E-state index contributed by atoms with van der Waals surface area (Å²) < 4.78 is 16.3. The number of methoxy groups -OCH3 is 2. The Morgan fingerprint density at radius 3 is 2.50 bits per heavy atom. The van der Waals surface area contributed by atoms with Gasteiger partial charge in [0.25, 0.3) is 5.91 Å². The summed E-state index contributed by atoms with van der Waals surface area (Å²) in [5.41, 5.74) is 1.31. The molecule has 1 aliphatic carbocycles. The zero-order valence-corrected chi connectivity index (χ0v) is 19.6. The van der Waals surface area contributed by atoms with Crippen molar-refractivity contribution in [2.75, 3.05) is 20.8 Å². The Balaban J connectivity index is 1.53. The van der Waals surface area contributed by atoms with Gasteiger partial charge in [0.15, 0.2) is 0 Å². The number of hydrogen-bond acceptors (Lipinski definition) is 5. The molecular weight excluding hydrogens is 430 g/mol. The first-order valence-electron chi connectivity index (χ1n) is 11.4. The molecule has 0 aliphatic heterocycles. The smallest absolute Gasteiger partial charge is 0.314 e. The molecule has 0 bridgehead atoms. The predicted molar refractivity (Wildman–Crippen MR) is 131 cm³/mol. The lowest BCUT2D eigenvalue weighted by Gasteiger charge is -2.24. The van der Waals surface area contributed by atoms with Crippen LogP contribution in [0.15, 0.2) is 72.8 Å². The number of allylic oxidation sites excluding steroid dienone is 1. The van der Waals surface area contributed by atoms with Gasteiger partial charge in [0.1, 0.15) is 11.5 Å².